The van der Waals surface area contributed by atoms with Crippen LogP contribution in [0.25, 0.3) is 0 Å². The topological polar surface area (TPSA) is 61.4 Å². The average molecular weight is 419 g/mol. The fourth-order valence-corrected chi connectivity index (χ4v) is 3.54. The molecule has 3 rings (SSSR count). The van der Waals surface area contributed by atoms with E-state index >= 15 is 0 Å². The number of rotatable bonds is 6. The summed E-state index contributed by atoms with van der Waals surface area (Å²) in [5.74, 6) is -1.82. The Morgan fingerprint density at radius 2 is 1.87 bits per heavy atom. The van der Waals surface area contributed by atoms with Crippen molar-refractivity contribution in [3.63, 3.8) is 0 Å². The van der Waals surface area contributed by atoms with Gasteiger partial charge in [-0.1, -0.05) is 12.1 Å². The Bertz CT molecular complexity index is 907. The van der Waals surface area contributed by atoms with Gasteiger partial charge in [-0.05, 0) is 49.4 Å². The second kappa shape index (κ2) is 10.1. The van der Waals surface area contributed by atoms with Gasteiger partial charge in [0.15, 0.2) is 0 Å². The van der Waals surface area contributed by atoms with Crippen LogP contribution in [0.1, 0.15) is 31.2 Å². The number of amides is 3. The lowest BCUT2D eigenvalue weighted by atomic mass is 9.93. The monoisotopic (exact) mass is 419 g/mol. The van der Waals surface area contributed by atoms with E-state index in [-0.39, 0.29) is 36.4 Å². The number of benzene rings is 2. The Kier molecular flexibility index (Phi) is 7.32. The summed E-state index contributed by atoms with van der Waals surface area (Å²) < 4.78 is 39.8. The number of halogens is 3. The van der Waals surface area contributed by atoms with Gasteiger partial charge < -0.3 is 15.5 Å². The third-order valence-corrected chi connectivity index (χ3v) is 5.15. The Balaban J connectivity index is 1.43. The van der Waals surface area contributed by atoms with E-state index in [4.69, 9.17) is 0 Å². The van der Waals surface area contributed by atoms with Crippen molar-refractivity contribution in [3.8, 4) is 0 Å². The number of hydrogen-bond donors (Lipinski definition) is 2. The molecular weight excluding hydrogens is 395 g/mol. The minimum Gasteiger partial charge on any atom is -0.352 e. The molecule has 0 unspecified atom stereocenters. The predicted octanol–water partition coefficient (Wildman–Crippen LogP) is 4.44. The summed E-state index contributed by atoms with van der Waals surface area (Å²) in [6.45, 7) is 1.12. The van der Waals surface area contributed by atoms with Crippen molar-refractivity contribution in [2.45, 2.75) is 32.2 Å². The summed E-state index contributed by atoms with van der Waals surface area (Å²) in [5.41, 5.74) is 0.622. The maximum atomic E-state index is 13.6. The Morgan fingerprint density at radius 3 is 2.63 bits per heavy atom. The van der Waals surface area contributed by atoms with Crippen molar-refractivity contribution in [1.82, 2.24) is 10.2 Å². The van der Waals surface area contributed by atoms with Gasteiger partial charge in [-0.15, -0.1) is 0 Å². The van der Waals surface area contributed by atoms with Crippen LogP contribution in [-0.2, 0) is 11.3 Å². The molecule has 30 heavy (non-hydrogen) atoms. The van der Waals surface area contributed by atoms with Crippen LogP contribution in [-0.4, -0.2) is 29.9 Å². The van der Waals surface area contributed by atoms with Crippen LogP contribution in [0.15, 0.2) is 42.5 Å². The van der Waals surface area contributed by atoms with E-state index in [0.717, 1.165) is 25.0 Å². The first-order chi connectivity index (χ1) is 14.4. The second-order valence-corrected chi connectivity index (χ2v) is 7.45. The number of nitrogens with zero attached hydrogens (tertiary/aromatic N) is 1. The number of hydrogen-bond acceptors (Lipinski definition) is 2. The molecule has 160 valence electrons. The van der Waals surface area contributed by atoms with Crippen molar-refractivity contribution in [1.29, 1.82) is 0 Å². The van der Waals surface area contributed by atoms with Crippen molar-refractivity contribution >= 4 is 17.6 Å². The summed E-state index contributed by atoms with van der Waals surface area (Å²) in [6, 6.07) is 8.67. The van der Waals surface area contributed by atoms with E-state index in [9.17, 15) is 22.8 Å². The quantitative estimate of drug-likeness (QED) is 0.727. The molecule has 2 aromatic rings. The van der Waals surface area contributed by atoms with Crippen LogP contribution in [0, 0.1) is 23.4 Å². The maximum absolute atomic E-state index is 13.6. The Labute approximate surface area is 173 Å². The van der Waals surface area contributed by atoms with E-state index < -0.39 is 17.5 Å². The Morgan fingerprint density at radius 1 is 1.07 bits per heavy atom. The fourth-order valence-electron chi connectivity index (χ4n) is 3.54. The fraction of sp³-hybridized carbons (Fsp3) is 0.364. The minimum absolute atomic E-state index is 0.00220. The van der Waals surface area contributed by atoms with Crippen LogP contribution < -0.4 is 10.6 Å². The van der Waals surface area contributed by atoms with Gasteiger partial charge >= 0.3 is 6.03 Å². The highest BCUT2D eigenvalue weighted by Gasteiger charge is 2.24. The van der Waals surface area contributed by atoms with Crippen molar-refractivity contribution in [3.05, 3.63) is 65.5 Å². The SMILES string of the molecule is O=C(CC[C@@H]1CCCN(C(=O)Nc2cccc(F)c2)C1)NCc1ccc(F)cc1F. The summed E-state index contributed by atoms with van der Waals surface area (Å²) in [5, 5.41) is 5.33. The number of urea groups is 1. The van der Waals surface area contributed by atoms with Crippen LogP contribution in [0.2, 0.25) is 0 Å². The van der Waals surface area contributed by atoms with Crippen LogP contribution in [0.5, 0.6) is 0 Å². The van der Waals surface area contributed by atoms with E-state index in [1.165, 1.54) is 24.3 Å². The van der Waals surface area contributed by atoms with Crippen molar-refractivity contribution in [2.75, 3.05) is 18.4 Å². The van der Waals surface area contributed by atoms with Crippen LogP contribution in [0.3, 0.4) is 0 Å². The molecule has 0 radical (unpaired) electrons. The molecular formula is C22H24F3N3O2. The molecule has 1 heterocycles. The van der Waals surface area contributed by atoms with Gasteiger partial charge in [0.25, 0.3) is 0 Å². The van der Waals surface area contributed by atoms with Gasteiger partial charge in [-0.3, -0.25) is 4.79 Å². The van der Waals surface area contributed by atoms with Crippen molar-refractivity contribution in [2.24, 2.45) is 5.92 Å². The van der Waals surface area contributed by atoms with Crippen LogP contribution in [0.4, 0.5) is 23.7 Å². The van der Waals surface area contributed by atoms with Gasteiger partial charge in [0.05, 0.1) is 0 Å². The lowest BCUT2D eigenvalue weighted by Gasteiger charge is -2.32. The average Bonchev–Trinajstić information content (AvgIpc) is 2.72. The molecule has 0 aromatic heterocycles. The maximum Gasteiger partial charge on any atom is 0.321 e. The summed E-state index contributed by atoms with van der Waals surface area (Å²) in [6.07, 6.45) is 2.58. The molecule has 0 bridgehead atoms. The van der Waals surface area contributed by atoms with E-state index in [1.54, 1.807) is 11.0 Å². The molecule has 0 spiro atoms. The summed E-state index contributed by atoms with van der Waals surface area (Å²) in [7, 11) is 0. The van der Waals surface area contributed by atoms with Gasteiger partial charge in [-0.2, -0.15) is 0 Å². The second-order valence-electron chi connectivity index (χ2n) is 7.45. The third-order valence-electron chi connectivity index (χ3n) is 5.15. The first-order valence-corrected chi connectivity index (χ1v) is 9.93. The highest BCUT2D eigenvalue weighted by atomic mass is 19.1. The molecule has 1 atom stereocenters. The normalized spacial score (nSPS) is 16.2. The van der Waals surface area contributed by atoms with E-state index in [0.29, 0.717) is 25.2 Å². The standard InChI is InChI=1S/C22H24F3N3O2/c23-17-4-1-5-19(11-17)27-22(30)28-10-2-3-15(14-28)6-9-21(29)26-13-16-7-8-18(24)12-20(16)25/h1,4-5,7-8,11-12,15H,2-3,6,9-10,13-14H2,(H,26,29)(H,27,30)/t15-/m0/s1. The molecule has 5 nitrogen and oxygen atoms in total. The van der Waals surface area contributed by atoms with Gasteiger partial charge in [0.2, 0.25) is 5.91 Å². The molecule has 3 amide bonds. The lowest BCUT2D eigenvalue weighted by Crippen LogP contribution is -2.42. The Hall–Kier alpha value is -3.03. The minimum atomic E-state index is -0.692. The highest BCUT2D eigenvalue weighted by Crippen LogP contribution is 2.22. The number of piperidine rings is 1. The van der Waals surface area contributed by atoms with Crippen LogP contribution >= 0.6 is 0 Å². The first-order valence-electron chi connectivity index (χ1n) is 9.93. The molecule has 2 aromatic carbocycles. The molecule has 8 heteroatoms. The lowest BCUT2D eigenvalue weighted by molar-refractivity contribution is -0.121. The zero-order valence-corrected chi connectivity index (χ0v) is 16.5. The molecule has 0 aliphatic carbocycles. The molecule has 1 aliphatic rings. The first kappa shape index (κ1) is 21.7. The predicted molar refractivity (Wildman–Crippen MR) is 107 cm³/mol. The zero-order chi connectivity index (χ0) is 21.5. The number of carbonyl (C=O) groups excluding carboxylic acids is 2. The van der Waals surface area contributed by atoms with Crippen molar-refractivity contribution < 1.29 is 22.8 Å². The van der Waals surface area contributed by atoms with E-state index in [2.05, 4.69) is 10.6 Å². The molecule has 1 saturated heterocycles. The molecule has 0 saturated carbocycles. The number of carbonyl (C=O) groups is 2. The molecule has 2 N–H and O–H groups in total. The number of anilines is 1. The van der Waals surface area contributed by atoms with Gasteiger partial charge in [0.1, 0.15) is 17.5 Å². The molecule has 1 fully saturated rings. The number of likely N-dealkylation sites (tertiary alicyclic amines) is 1. The largest absolute Gasteiger partial charge is 0.352 e. The van der Waals surface area contributed by atoms with E-state index in [1.807, 2.05) is 0 Å². The van der Waals surface area contributed by atoms with Gasteiger partial charge in [0, 0.05) is 43.4 Å². The zero-order valence-electron chi connectivity index (χ0n) is 16.5. The highest BCUT2D eigenvalue weighted by molar-refractivity contribution is 5.89. The summed E-state index contributed by atoms with van der Waals surface area (Å²) in [4.78, 5) is 26.2. The van der Waals surface area contributed by atoms with Gasteiger partial charge in [-0.25, -0.2) is 18.0 Å². The number of nitrogens with one attached hydrogen (secondary N) is 2. The smallest absolute Gasteiger partial charge is 0.321 e. The third kappa shape index (κ3) is 6.23. The summed E-state index contributed by atoms with van der Waals surface area (Å²) >= 11 is 0. The molecule has 1 aliphatic heterocycles.